The van der Waals surface area contributed by atoms with Crippen molar-refractivity contribution >= 4 is 16.8 Å². The molecule has 31 heavy (non-hydrogen) atoms. The number of pyridine rings is 1. The predicted molar refractivity (Wildman–Crippen MR) is 119 cm³/mol. The molecule has 2 N–H and O–H groups in total. The molecule has 0 aliphatic heterocycles. The van der Waals surface area contributed by atoms with Crippen molar-refractivity contribution in [3.05, 3.63) is 81.9 Å². The lowest BCUT2D eigenvalue weighted by Gasteiger charge is -2.15. The number of hydrogen-bond acceptors (Lipinski definition) is 4. The minimum absolute atomic E-state index is 0.163. The van der Waals surface area contributed by atoms with Gasteiger partial charge in [0.1, 0.15) is 17.7 Å². The highest BCUT2D eigenvalue weighted by atomic mass is 16.2. The van der Waals surface area contributed by atoms with Gasteiger partial charge >= 0.3 is 0 Å². The van der Waals surface area contributed by atoms with Gasteiger partial charge in [0.2, 0.25) is 0 Å². The summed E-state index contributed by atoms with van der Waals surface area (Å²) in [5.74, 6) is 0.256. The average molecular weight is 419 g/mol. The van der Waals surface area contributed by atoms with Crippen molar-refractivity contribution in [1.29, 1.82) is 0 Å². The van der Waals surface area contributed by atoms with Crippen LogP contribution in [0.5, 0.6) is 0 Å². The van der Waals surface area contributed by atoms with Crippen molar-refractivity contribution in [2.24, 2.45) is 0 Å². The van der Waals surface area contributed by atoms with Crippen LogP contribution in [0, 0.1) is 6.92 Å². The lowest BCUT2D eigenvalue weighted by atomic mass is 10.1. The van der Waals surface area contributed by atoms with E-state index < -0.39 is 5.91 Å². The predicted octanol–water partition coefficient (Wildman–Crippen LogP) is 2.98. The first-order valence-corrected chi connectivity index (χ1v) is 10.4. The Hall–Kier alpha value is -3.68. The number of aromatic amines is 1. The fourth-order valence-corrected chi connectivity index (χ4v) is 3.88. The van der Waals surface area contributed by atoms with E-state index in [1.54, 1.807) is 22.4 Å². The Balaban J connectivity index is 1.54. The van der Waals surface area contributed by atoms with E-state index in [1.165, 1.54) is 6.33 Å². The monoisotopic (exact) mass is 418 g/mol. The number of nitrogens with one attached hydrogen (secondary N) is 2. The van der Waals surface area contributed by atoms with Gasteiger partial charge in [0.25, 0.3) is 11.5 Å². The summed E-state index contributed by atoms with van der Waals surface area (Å²) in [4.78, 5) is 33.6. The molecule has 0 aliphatic rings. The molecule has 1 atom stereocenters. The standard InChI is InChI=1S/C23H26N6O2/c1-4-29-21(25-14-26-29)16(3)27-22(30)20-15(2)9-11-28(23(20)31)12-10-17-13-24-19-8-6-5-7-18(17)19/h5-9,11,13-14,16,24H,4,10,12H2,1-3H3,(H,27,30). The lowest BCUT2D eigenvalue weighted by Crippen LogP contribution is -2.36. The number of fused-ring (bicyclic) bond motifs is 1. The zero-order chi connectivity index (χ0) is 22.0. The fourth-order valence-electron chi connectivity index (χ4n) is 3.88. The Morgan fingerprint density at radius 2 is 2.06 bits per heavy atom. The first-order valence-electron chi connectivity index (χ1n) is 10.4. The maximum Gasteiger partial charge on any atom is 0.263 e. The molecule has 0 fully saturated rings. The SMILES string of the molecule is CCn1ncnc1C(C)NC(=O)c1c(C)ccn(CCc2c[nH]c3ccccc23)c1=O. The number of amides is 1. The normalized spacial score (nSPS) is 12.2. The third-order valence-electron chi connectivity index (χ3n) is 5.58. The van der Waals surface area contributed by atoms with Crippen LogP contribution in [0.25, 0.3) is 10.9 Å². The van der Waals surface area contributed by atoms with E-state index in [-0.39, 0.29) is 17.2 Å². The molecular weight excluding hydrogens is 392 g/mol. The number of carbonyl (C=O) groups is 1. The third-order valence-corrected chi connectivity index (χ3v) is 5.58. The van der Waals surface area contributed by atoms with E-state index in [2.05, 4.69) is 26.4 Å². The van der Waals surface area contributed by atoms with E-state index >= 15 is 0 Å². The van der Waals surface area contributed by atoms with Crippen molar-refractivity contribution in [3.63, 3.8) is 0 Å². The average Bonchev–Trinajstić information content (AvgIpc) is 3.40. The van der Waals surface area contributed by atoms with Crippen LogP contribution in [-0.2, 0) is 19.5 Å². The second kappa shape index (κ2) is 8.59. The quantitative estimate of drug-likeness (QED) is 0.482. The maximum absolute atomic E-state index is 13.1. The zero-order valence-electron chi connectivity index (χ0n) is 17.9. The van der Waals surface area contributed by atoms with Gasteiger partial charge in [0.05, 0.1) is 6.04 Å². The lowest BCUT2D eigenvalue weighted by molar-refractivity contribution is 0.0934. The molecule has 0 radical (unpaired) electrons. The summed E-state index contributed by atoms with van der Waals surface area (Å²) < 4.78 is 3.32. The largest absolute Gasteiger partial charge is 0.361 e. The number of rotatable bonds is 7. The summed E-state index contributed by atoms with van der Waals surface area (Å²) in [5, 5.41) is 8.18. The Kier molecular flexibility index (Phi) is 5.70. The Morgan fingerprint density at radius 3 is 2.87 bits per heavy atom. The minimum Gasteiger partial charge on any atom is -0.361 e. The summed E-state index contributed by atoms with van der Waals surface area (Å²) in [6.07, 6.45) is 5.88. The van der Waals surface area contributed by atoms with Crippen LogP contribution in [0.3, 0.4) is 0 Å². The van der Waals surface area contributed by atoms with Crippen LogP contribution in [0.15, 0.2) is 53.8 Å². The highest BCUT2D eigenvalue weighted by molar-refractivity contribution is 5.95. The van der Waals surface area contributed by atoms with Gasteiger partial charge in [0, 0.05) is 36.4 Å². The first-order chi connectivity index (χ1) is 15.0. The van der Waals surface area contributed by atoms with Crippen LogP contribution >= 0.6 is 0 Å². The van der Waals surface area contributed by atoms with E-state index in [9.17, 15) is 9.59 Å². The van der Waals surface area contributed by atoms with Crippen LogP contribution in [0.4, 0.5) is 0 Å². The van der Waals surface area contributed by atoms with Gasteiger partial charge in [-0.05, 0) is 50.5 Å². The molecule has 0 spiro atoms. The molecule has 0 aliphatic carbocycles. The van der Waals surface area contributed by atoms with Gasteiger partial charge in [-0.2, -0.15) is 5.10 Å². The highest BCUT2D eigenvalue weighted by Gasteiger charge is 2.20. The molecule has 0 bridgehead atoms. The molecule has 1 amide bonds. The van der Waals surface area contributed by atoms with Gasteiger partial charge in [0.15, 0.2) is 0 Å². The Bertz CT molecular complexity index is 1280. The summed E-state index contributed by atoms with van der Waals surface area (Å²) in [6.45, 7) is 6.71. The molecule has 0 saturated heterocycles. The summed E-state index contributed by atoms with van der Waals surface area (Å²) >= 11 is 0. The molecule has 8 heteroatoms. The summed E-state index contributed by atoms with van der Waals surface area (Å²) in [7, 11) is 0. The van der Waals surface area contributed by atoms with Crippen molar-refractivity contribution in [2.75, 3.05) is 0 Å². The summed E-state index contributed by atoms with van der Waals surface area (Å²) in [6, 6.07) is 9.52. The number of aromatic nitrogens is 5. The van der Waals surface area contributed by atoms with Crippen LogP contribution < -0.4 is 10.9 Å². The number of nitrogens with zero attached hydrogens (tertiary/aromatic N) is 4. The van der Waals surface area contributed by atoms with Gasteiger partial charge in [-0.25, -0.2) is 9.67 Å². The molecule has 4 aromatic rings. The second-order valence-electron chi connectivity index (χ2n) is 7.61. The number of H-pyrrole nitrogens is 1. The number of benzene rings is 1. The van der Waals surface area contributed by atoms with Crippen molar-refractivity contribution in [1.82, 2.24) is 29.6 Å². The first kappa shape index (κ1) is 20.6. The van der Waals surface area contributed by atoms with E-state index in [4.69, 9.17) is 0 Å². The molecular formula is C23H26N6O2. The molecule has 160 valence electrons. The van der Waals surface area contributed by atoms with Crippen molar-refractivity contribution in [2.45, 2.75) is 46.3 Å². The van der Waals surface area contributed by atoms with E-state index in [0.29, 0.717) is 30.9 Å². The topological polar surface area (TPSA) is 97.6 Å². The van der Waals surface area contributed by atoms with E-state index in [1.807, 2.05) is 44.3 Å². The number of aryl methyl sites for hydroxylation is 4. The molecule has 1 unspecified atom stereocenters. The van der Waals surface area contributed by atoms with Crippen LogP contribution in [0.1, 0.15) is 47.2 Å². The number of hydrogen-bond donors (Lipinski definition) is 2. The molecule has 8 nitrogen and oxygen atoms in total. The maximum atomic E-state index is 13.1. The Morgan fingerprint density at radius 1 is 1.26 bits per heavy atom. The highest BCUT2D eigenvalue weighted by Crippen LogP contribution is 2.18. The van der Waals surface area contributed by atoms with Crippen LogP contribution in [0.2, 0.25) is 0 Å². The van der Waals surface area contributed by atoms with Gasteiger partial charge < -0.3 is 14.9 Å². The number of carbonyl (C=O) groups excluding carboxylic acids is 1. The zero-order valence-corrected chi connectivity index (χ0v) is 17.9. The van der Waals surface area contributed by atoms with Gasteiger partial charge in [-0.1, -0.05) is 18.2 Å². The van der Waals surface area contributed by atoms with Crippen LogP contribution in [-0.4, -0.2) is 30.2 Å². The van der Waals surface area contributed by atoms with Crippen molar-refractivity contribution in [3.8, 4) is 0 Å². The summed E-state index contributed by atoms with van der Waals surface area (Å²) in [5.41, 5.74) is 2.73. The molecule has 1 aromatic carbocycles. The van der Waals surface area contributed by atoms with Gasteiger partial charge in [-0.15, -0.1) is 0 Å². The third kappa shape index (κ3) is 4.01. The Labute approximate surface area is 179 Å². The molecule has 3 aromatic heterocycles. The smallest absolute Gasteiger partial charge is 0.263 e. The fraction of sp³-hybridized carbons (Fsp3) is 0.304. The molecule has 0 saturated carbocycles. The molecule has 3 heterocycles. The number of para-hydroxylation sites is 1. The van der Waals surface area contributed by atoms with Crippen molar-refractivity contribution < 1.29 is 4.79 Å². The minimum atomic E-state index is -0.401. The second-order valence-corrected chi connectivity index (χ2v) is 7.61. The van der Waals surface area contributed by atoms with E-state index in [0.717, 1.165) is 16.5 Å². The van der Waals surface area contributed by atoms with Gasteiger partial charge in [-0.3, -0.25) is 9.59 Å². The molecule has 4 rings (SSSR count).